The van der Waals surface area contributed by atoms with Gasteiger partial charge in [0.1, 0.15) is 11.8 Å². The highest BCUT2D eigenvalue weighted by molar-refractivity contribution is 7.92. The van der Waals surface area contributed by atoms with Crippen LogP contribution in [0, 0.1) is 13.8 Å². The molecule has 2 aromatic rings. The van der Waals surface area contributed by atoms with E-state index in [4.69, 9.17) is 16.3 Å². The Kier molecular flexibility index (Phi) is 6.96. The molecule has 1 N–H and O–H groups in total. The van der Waals surface area contributed by atoms with Crippen LogP contribution in [0.3, 0.4) is 0 Å². The molecule has 0 heterocycles. The quantitative estimate of drug-likeness (QED) is 0.724. The number of methoxy groups -OCH3 is 1. The van der Waals surface area contributed by atoms with Crippen LogP contribution in [-0.2, 0) is 14.8 Å². The number of sulfonamides is 1. The van der Waals surface area contributed by atoms with Crippen molar-refractivity contribution in [1.82, 2.24) is 0 Å². The average molecular weight is 425 g/mol. The molecule has 152 valence electrons. The summed E-state index contributed by atoms with van der Waals surface area (Å²) in [5.74, 6) is 0.0177. The molecule has 0 aliphatic rings. The van der Waals surface area contributed by atoms with Crippen molar-refractivity contribution in [3.05, 3.63) is 52.5 Å². The molecule has 2 aromatic carbocycles. The van der Waals surface area contributed by atoms with Gasteiger partial charge in [-0.05, 0) is 49.6 Å². The lowest BCUT2D eigenvalue weighted by Crippen LogP contribution is -2.47. The number of rotatable bonds is 7. The Morgan fingerprint density at radius 3 is 2.29 bits per heavy atom. The van der Waals surface area contributed by atoms with Crippen molar-refractivity contribution in [3.63, 3.8) is 0 Å². The molecule has 0 saturated heterocycles. The minimum atomic E-state index is -3.75. The third-order valence-electron chi connectivity index (χ3n) is 4.45. The zero-order chi connectivity index (χ0) is 21.1. The van der Waals surface area contributed by atoms with Crippen LogP contribution in [-0.4, -0.2) is 33.7 Å². The number of para-hydroxylation sites is 1. The Morgan fingerprint density at radius 1 is 1.21 bits per heavy atom. The van der Waals surface area contributed by atoms with Crippen molar-refractivity contribution in [2.45, 2.75) is 33.2 Å². The average Bonchev–Trinajstić information content (AvgIpc) is 2.61. The van der Waals surface area contributed by atoms with Gasteiger partial charge in [0.25, 0.3) is 0 Å². The summed E-state index contributed by atoms with van der Waals surface area (Å²) < 4.78 is 31.3. The number of anilines is 2. The van der Waals surface area contributed by atoms with Gasteiger partial charge in [-0.3, -0.25) is 9.10 Å². The number of aryl methyl sites for hydroxylation is 2. The van der Waals surface area contributed by atoms with Crippen molar-refractivity contribution in [2.75, 3.05) is 23.0 Å². The number of hydrogen-bond acceptors (Lipinski definition) is 4. The Balaban J connectivity index is 2.46. The van der Waals surface area contributed by atoms with Crippen LogP contribution in [0.1, 0.15) is 24.5 Å². The molecule has 0 aliphatic heterocycles. The van der Waals surface area contributed by atoms with E-state index in [2.05, 4.69) is 5.32 Å². The number of hydrogen-bond donors (Lipinski definition) is 1. The van der Waals surface area contributed by atoms with Gasteiger partial charge in [0.15, 0.2) is 0 Å². The molecule has 6 nitrogen and oxygen atoms in total. The topological polar surface area (TPSA) is 75.7 Å². The highest BCUT2D eigenvalue weighted by Gasteiger charge is 2.32. The molecule has 0 aliphatic carbocycles. The maximum atomic E-state index is 13.0. The molecule has 28 heavy (non-hydrogen) atoms. The third kappa shape index (κ3) is 4.77. The Hall–Kier alpha value is -2.25. The van der Waals surface area contributed by atoms with Gasteiger partial charge >= 0.3 is 0 Å². The standard InChI is InChI=1S/C20H25ClN2O4S/c1-6-17(20(24)22-19-13(2)8-7-9-14(19)3)23(28(5,25)26)15-10-11-18(27-4)16(21)12-15/h7-12,17H,6H2,1-5H3,(H,22,24)/t17-/m0/s1. The summed E-state index contributed by atoms with van der Waals surface area (Å²) in [7, 11) is -2.28. The van der Waals surface area contributed by atoms with Crippen molar-refractivity contribution in [1.29, 1.82) is 0 Å². The van der Waals surface area contributed by atoms with Crippen LogP contribution in [0.15, 0.2) is 36.4 Å². The SMILES string of the molecule is CC[C@@H](C(=O)Nc1c(C)cccc1C)N(c1ccc(OC)c(Cl)c1)S(C)(=O)=O. The lowest BCUT2D eigenvalue weighted by Gasteiger charge is -2.30. The van der Waals surface area contributed by atoms with E-state index in [0.717, 1.165) is 21.7 Å². The summed E-state index contributed by atoms with van der Waals surface area (Å²) in [5, 5.41) is 3.15. The van der Waals surface area contributed by atoms with Crippen molar-refractivity contribution in [2.24, 2.45) is 0 Å². The Labute approximate surface area is 171 Å². The summed E-state index contributed by atoms with van der Waals surface area (Å²) >= 11 is 6.18. The highest BCUT2D eigenvalue weighted by atomic mass is 35.5. The van der Waals surface area contributed by atoms with Gasteiger partial charge in [0.2, 0.25) is 15.9 Å². The van der Waals surface area contributed by atoms with Gasteiger partial charge in [-0.25, -0.2) is 8.42 Å². The number of carbonyl (C=O) groups excluding carboxylic acids is 1. The first-order valence-electron chi connectivity index (χ1n) is 8.80. The number of ether oxygens (including phenoxy) is 1. The molecule has 0 bridgehead atoms. The molecule has 0 aromatic heterocycles. The van der Waals surface area contributed by atoms with Crippen molar-refractivity contribution in [3.8, 4) is 5.75 Å². The molecular formula is C20H25ClN2O4S. The maximum Gasteiger partial charge on any atom is 0.248 e. The molecule has 0 fully saturated rings. The second-order valence-corrected chi connectivity index (χ2v) is 8.82. The number of nitrogens with one attached hydrogen (secondary N) is 1. The zero-order valence-electron chi connectivity index (χ0n) is 16.6. The molecule has 0 saturated carbocycles. The van der Waals surface area contributed by atoms with Crippen LogP contribution in [0.5, 0.6) is 5.75 Å². The largest absolute Gasteiger partial charge is 0.495 e. The monoisotopic (exact) mass is 424 g/mol. The predicted molar refractivity (Wildman–Crippen MR) is 114 cm³/mol. The van der Waals surface area contributed by atoms with E-state index in [0.29, 0.717) is 17.1 Å². The van der Waals surface area contributed by atoms with E-state index in [1.54, 1.807) is 19.1 Å². The predicted octanol–water partition coefficient (Wildman–Crippen LogP) is 4.15. The van der Waals surface area contributed by atoms with Gasteiger partial charge < -0.3 is 10.1 Å². The number of amides is 1. The lowest BCUT2D eigenvalue weighted by atomic mass is 10.1. The first kappa shape index (κ1) is 22.0. The Bertz CT molecular complexity index is 956. The minimum absolute atomic E-state index is 0.263. The molecular weight excluding hydrogens is 400 g/mol. The number of benzene rings is 2. The van der Waals surface area contributed by atoms with E-state index < -0.39 is 22.0 Å². The summed E-state index contributed by atoms with van der Waals surface area (Å²) in [6.45, 7) is 5.54. The maximum absolute atomic E-state index is 13.0. The summed E-state index contributed by atoms with van der Waals surface area (Å²) in [6.07, 6.45) is 1.35. The van der Waals surface area contributed by atoms with Gasteiger partial charge in [0, 0.05) is 5.69 Å². The third-order valence-corrected chi connectivity index (χ3v) is 5.92. The molecule has 1 atom stereocenters. The fourth-order valence-electron chi connectivity index (χ4n) is 3.07. The van der Waals surface area contributed by atoms with Crippen molar-refractivity contribution >= 4 is 38.9 Å². The van der Waals surface area contributed by atoms with E-state index in [-0.39, 0.29) is 11.4 Å². The molecule has 8 heteroatoms. The first-order valence-corrected chi connectivity index (χ1v) is 11.0. The number of nitrogens with zero attached hydrogens (tertiary/aromatic N) is 1. The summed E-state index contributed by atoms with van der Waals surface area (Å²) in [6, 6.07) is 9.38. The molecule has 0 spiro atoms. The van der Waals surface area contributed by atoms with Crippen molar-refractivity contribution < 1.29 is 17.9 Å². The lowest BCUT2D eigenvalue weighted by molar-refractivity contribution is -0.117. The van der Waals surface area contributed by atoms with E-state index in [9.17, 15) is 13.2 Å². The summed E-state index contributed by atoms with van der Waals surface area (Å²) in [5.41, 5.74) is 2.80. The smallest absolute Gasteiger partial charge is 0.248 e. The van der Waals surface area contributed by atoms with Gasteiger partial charge in [-0.15, -0.1) is 0 Å². The van der Waals surface area contributed by atoms with Crippen LogP contribution in [0.25, 0.3) is 0 Å². The molecule has 0 radical (unpaired) electrons. The van der Waals surface area contributed by atoms with Gasteiger partial charge in [0.05, 0.1) is 24.1 Å². The second kappa shape index (κ2) is 8.84. The first-order chi connectivity index (χ1) is 13.1. The fourth-order valence-corrected chi connectivity index (χ4v) is 4.53. The van der Waals surface area contributed by atoms with E-state index in [1.807, 2.05) is 32.0 Å². The number of carbonyl (C=O) groups is 1. The Morgan fingerprint density at radius 2 is 1.82 bits per heavy atom. The highest BCUT2D eigenvalue weighted by Crippen LogP contribution is 2.32. The van der Waals surface area contributed by atoms with E-state index >= 15 is 0 Å². The van der Waals surface area contributed by atoms with Crippen LogP contribution >= 0.6 is 11.6 Å². The van der Waals surface area contributed by atoms with Crippen LogP contribution in [0.4, 0.5) is 11.4 Å². The fraction of sp³-hybridized carbons (Fsp3) is 0.350. The van der Waals surface area contributed by atoms with Gasteiger partial charge in [-0.1, -0.05) is 36.7 Å². The second-order valence-electron chi connectivity index (χ2n) is 6.56. The molecule has 0 unspecified atom stereocenters. The minimum Gasteiger partial charge on any atom is -0.495 e. The number of halogens is 1. The molecule has 1 amide bonds. The normalized spacial score (nSPS) is 12.4. The summed E-state index contributed by atoms with van der Waals surface area (Å²) in [4.78, 5) is 13.0. The van der Waals surface area contributed by atoms with Crippen LogP contribution in [0.2, 0.25) is 5.02 Å². The zero-order valence-corrected chi connectivity index (χ0v) is 18.2. The van der Waals surface area contributed by atoms with Crippen LogP contribution < -0.4 is 14.4 Å². The van der Waals surface area contributed by atoms with E-state index in [1.165, 1.54) is 13.2 Å². The van der Waals surface area contributed by atoms with Gasteiger partial charge in [-0.2, -0.15) is 0 Å². The molecule has 2 rings (SSSR count).